The van der Waals surface area contributed by atoms with E-state index in [4.69, 9.17) is 0 Å². The van der Waals surface area contributed by atoms with Gasteiger partial charge in [-0.2, -0.15) is 0 Å². The van der Waals surface area contributed by atoms with Crippen molar-refractivity contribution in [1.82, 2.24) is 15.5 Å². The lowest BCUT2D eigenvalue weighted by Gasteiger charge is -2.21. The molecule has 1 saturated heterocycles. The Kier molecular flexibility index (Phi) is 6.12. The first kappa shape index (κ1) is 17.3. The summed E-state index contributed by atoms with van der Waals surface area (Å²) < 4.78 is 0. The molecule has 1 aromatic heterocycles. The van der Waals surface area contributed by atoms with Crippen LogP contribution in [0.5, 0.6) is 0 Å². The van der Waals surface area contributed by atoms with Gasteiger partial charge in [-0.25, -0.2) is 0 Å². The molecule has 6 heteroatoms. The van der Waals surface area contributed by atoms with Crippen LogP contribution in [0.25, 0.3) is 0 Å². The third kappa shape index (κ3) is 4.50. The Hall–Kier alpha value is -1.56. The van der Waals surface area contributed by atoms with Crippen LogP contribution in [0.2, 0.25) is 0 Å². The minimum absolute atomic E-state index is 0.284. The fourth-order valence-corrected chi connectivity index (χ4v) is 4.37. The van der Waals surface area contributed by atoms with Gasteiger partial charge in [0.25, 0.3) is 0 Å². The highest BCUT2D eigenvalue weighted by Crippen LogP contribution is 2.27. The number of likely N-dealkylation sites (tertiary alicyclic amines) is 1. The highest BCUT2D eigenvalue weighted by atomic mass is 32.1. The van der Waals surface area contributed by atoms with Gasteiger partial charge in [-0.1, -0.05) is 18.9 Å². The van der Waals surface area contributed by atoms with E-state index in [0.29, 0.717) is 11.9 Å². The number of rotatable bonds is 5. The zero-order valence-corrected chi connectivity index (χ0v) is 15.3. The van der Waals surface area contributed by atoms with E-state index in [-0.39, 0.29) is 5.92 Å². The second-order valence-corrected chi connectivity index (χ2v) is 7.76. The summed E-state index contributed by atoms with van der Waals surface area (Å²) in [4.78, 5) is 20.2. The van der Waals surface area contributed by atoms with Crippen molar-refractivity contribution < 1.29 is 4.79 Å². The molecule has 1 amide bonds. The molecule has 1 saturated carbocycles. The molecular weight excluding hydrogens is 320 g/mol. The van der Waals surface area contributed by atoms with Gasteiger partial charge in [0.1, 0.15) is 0 Å². The second-order valence-electron chi connectivity index (χ2n) is 6.72. The summed E-state index contributed by atoms with van der Waals surface area (Å²) in [7, 11) is 1.80. The minimum Gasteiger partial charge on any atom is -0.356 e. The smallest absolute Gasteiger partial charge is 0.225 e. The van der Waals surface area contributed by atoms with Crippen molar-refractivity contribution in [3.63, 3.8) is 0 Å². The molecular formula is C18H28N4OS. The SMILES string of the molecule is CN=C(NCCc1cccs1)NC1CCN(C(=O)C2CCCC2)C1. The minimum atomic E-state index is 0.284. The molecule has 1 aromatic rings. The summed E-state index contributed by atoms with van der Waals surface area (Å²) in [6, 6.07) is 4.55. The number of hydrogen-bond acceptors (Lipinski definition) is 3. The summed E-state index contributed by atoms with van der Waals surface area (Å²) in [6.45, 7) is 2.55. The lowest BCUT2D eigenvalue weighted by molar-refractivity contribution is -0.134. The maximum atomic E-state index is 12.5. The van der Waals surface area contributed by atoms with Crippen LogP contribution in [0.1, 0.15) is 37.0 Å². The average Bonchev–Trinajstić information content (AvgIpc) is 3.34. The summed E-state index contributed by atoms with van der Waals surface area (Å²) in [5.41, 5.74) is 0. The molecule has 2 aliphatic rings. The van der Waals surface area contributed by atoms with E-state index in [1.807, 2.05) is 4.90 Å². The molecule has 5 nitrogen and oxygen atoms in total. The normalized spacial score (nSPS) is 22.1. The maximum absolute atomic E-state index is 12.5. The van der Waals surface area contributed by atoms with Crippen LogP contribution in [0, 0.1) is 5.92 Å². The standard InChI is InChI=1S/C18H28N4OS/c1-19-18(20-10-8-16-7-4-12-24-16)21-15-9-11-22(13-15)17(23)14-5-2-3-6-14/h4,7,12,14-15H,2-3,5-6,8-11,13H2,1H3,(H2,19,20,21). The molecule has 2 N–H and O–H groups in total. The number of hydrogen-bond donors (Lipinski definition) is 2. The molecule has 0 bridgehead atoms. The fraction of sp³-hybridized carbons (Fsp3) is 0.667. The molecule has 3 rings (SSSR count). The van der Waals surface area contributed by atoms with Crippen molar-refractivity contribution in [2.45, 2.75) is 44.6 Å². The van der Waals surface area contributed by atoms with Crippen molar-refractivity contribution in [3.05, 3.63) is 22.4 Å². The number of nitrogens with zero attached hydrogens (tertiary/aromatic N) is 2. The summed E-state index contributed by atoms with van der Waals surface area (Å²) in [5.74, 6) is 1.50. The fourth-order valence-electron chi connectivity index (χ4n) is 3.66. The topological polar surface area (TPSA) is 56.7 Å². The molecule has 0 radical (unpaired) electrons. The predicted molar refractivity (Wildman–Crippen MR) is 99.5 cm³/mol. The van der Waals surface area contributed by atoms with Gasteiger partial charge in [-0.05, 0) is 37.1 Å². The Bertz CT molecular complexity index is 551. The predicted octanol–water partition coefficient (Wildman–Crippen LogP) is 2.25. The van der Waals surface area contributed by atoms with Gasteiger partial charge < -0.3 is 15.5 Å². The van der Waals surface area contributed by atoms with E-state index in [9.17, 15) is 4.79 Å². The number of amides is 1. The molecule has 0 aromatic carbocycles. The molecule has 132 valence electrons. The number of carbonyl (C=O) groups is 1. The number of aliphatic imine (C=N–C) groups is 1. The Morgan fingerprint density at radius 2 is 2.21 bits per heavy atom. The number of carbonyl (C=O) groups excluding carboxylic acids is 1. The average molecular weight is 349 g/mol. The van der Waals surface area contributed by atoms with Gasteiger partial charge in [0.05, 0.1) is 0 Å². The molecule has 1 unspecified atom stereocenters. The molecule has 2 fully saturated rings. The van der Waals surface area contributed by atoms with Crippen molar-refractivity contribution in [1.29, 1.82) is 0 Å². The van der Waals surface area contributed by atoms with Crippen LogP contribution in [0.15, 0.2) is 22.5 Å². The van der Waals surface area contributed by atoms with E-state index in [1.165, 1.54) is 17.7 Å². The third-order valence-electron chi connectivity index (χ3n) is 5.01. The van der Waals surface area contributed by atoms with E-state index in [0.717, 1.165) is 51.3 Å². The second kappa shape index (κ2) is 8.51. The van der Waals surface area contributed by atoms with Crippen molar-refractivity contribution in [3.8, 4) is 0 Å². The number of thiophene rings is 1. The summed E-state index contributed by atoms with van der Waals surface area (Å²) in [6.07, 6.45) is 6.61. The van der Waals surface area contributed by atoms with E-state index < -0.39 is 0 Å². The van der Waals surface area contributed by atoms with Gasteiger partial charge in [0.2, 0.25) is 5.91 Å². The number of nitrogens with one attached hydrogen (secondary N) is 2. The van der Waals surface area contributed by atoms with E-state index in [2.05, 4.69) is 33.1 Å². The van der Waals surface area contributed by atoms with Crippen LogP contribution in [-0.2, 0) is 11.2 Å². The zero-order valence-electron chi connectivity index (χ0n) is 14.5. The molecule has 1 atom stereocenters. The van der Waals surface area contributed by atoms with Gasteiger partial charge in [-0.3, -0.25) is 9.79 Å². The van der Waals surface area contributed by atoms with Gasteiger partial charge in [0, 0.05) is 43.5 Å². The Balaban J connectivity index is 1.40. The van der Waals surface area contributed by atoms with Gasteiger partial charge in [0.15, 0.2) is 5.96 Å². The van der Waals surface area contributed by atoms with E-state index in [1.54, 1.807) is 18.4 Å². The quantitative estimate of drug-likeness (QED) is 0.634. The first-order chi connectivity index (χ1) is 11.8. The monoisotopic (exact) mass is 348 g/mol. The highest BCUT2D eigenvalue weighted by Gasteiger charge is 2.32. The van der Waals surface area contributed by atoms with Crippen LogP contribution in [-0.4, -0.2) is 49.5 Å². The van der Waals surface area contributed by atoms with Gasteiger partial charge >= 0.3 is 0 Å². The number of guanidine groups is 1. The van der Waals surface area contributed by atoms with Crippen LogP contribution >= 0.6 is 11.3 Å². The Morgan fingerprint density at radius 3 is 2.92 bits per heavy atom. The molecule has 24 heavy (non-hydrogen) atoms. The molecule has 1 aliphatic heterocycles. The summed E-state index contributed by atoms with van der Waals surface area (Å²) >= 11 is 1.79. The molecule has 0 spiro atoms. The summed E-state index contributed by atoms with van der Waals surface area (Å²) in [5, 5.41) is 8.95. The Morgan fingerprint density at radius 1 is 1.38 bits per heavy atom. The first-order valence-corrected chi connectivity index (χ1v) is 9.92. The molecule has 1 aliphatic carbocycles. The third-order valence-corrected chi connectivity index (χ3v) is 5.95. The molecule has 2 heterocycles. The highest BCUT2D eigenvalue weighted by molar-refractivity contribution is 7.09. The largest absolute Gasteiger partial charge is 0.356 e. The lowest BCUT2D eigenvalue weighted by Crippen LogP contribution is -2.45. The van der Waals surface area contributed by atoms with Crippen LogP contribution in [0.3, 0.4) is 0 Å². The van der Waals surface area contributed by atoms with Crippen molar-refractivity contribution in [2.24, 2.45) is 10.9 Å². The van der Waals surface area contributed by atoms with Crippen molar-refractivity contribution >= 4 is 23.2 Å². The Labute approximate surface area is 148 Å². The van der Waals surface area contributed by atoms with Crippen LogP contribution < -0.4 is 10.6 Å². The van der Waals surface area contributed by atoms with Crippen LogP contribution in [0.4, 0.5) is 0 Å². The zero-order chi connectivity index (χ0) is 16.8. The maximum Gasteiger partial charge on any atom is 0.225 e. The van der Waals surface area contributed by atoms with E-state index >= 15 is 0 Å². The van der Waals surface area contributed by atoms with Gasteiger partial charge in [-0.15, -0.1) is 11.3 Å². The van der Waals surface area contributed by atoms with Crippen molar-refractivity contribution in [2.75, 3.05) is 26.7 Å². The lowest BCUT2D eigenvalue weighted by atomic mass is 10.1. The first-order valence-electron chi connectivity index (χ1n) is 9.04.